The Morgan fingerprint density at radius 2 is 2.35 bits per heavy atom. The van der Waals surface area contributed by atoms with Gasteiger partial charge in [0.25, 0.3) is 0 Å². The molecule has 0 aliphatic carbocycles. The summed E-state index contributed by atoms with van der Waals surface area (Å²) in [6.45, 7) is 6.22. The van der Waals surface area contributed by atoms with Crippen molar-refractivity contribution in [3.8, 4) is 0 Å². The van der Waals surface area contributed by atoms with Gasteiger partial charge >= 0.3 is 0 Å². The Bertz CT molecular complexity index is 531. The van der Waals surface area contributed by atoms with Gasteiger partial charge in [0.2, 0.25) is 5.95 Å². The first-order valence-electron chi connectivity index (χ1n) is 5.36. The molecule has 0 bridgehead atoms. The SMILES string of the molecule is C=CCn1ccnc1Nc1cc(C)ccc1F. The monoisotopic (exact) mass is 231 g/mol. The Kier molecular flexibility index (Phi) is 3.23. The van der Waals surface area contributed by atoms with Crippen LogP contribution in [-0.2, 0) is 6.54 Å². The molecule has 1 heterocycles. The van der Waals surface area contributed by atoms with Gasteiger partial charge in [0.15, 0.2) is 0 Å². The van der Waals surface area contributed by atoms with Crippen LogP contribution in [0.5, 0.6) is 0 Å². The summed E-state index contributed by atoms with van der Waals surface area (Å²) in [6, 6.07) is 4.93. The maximum atomic E-state index is 13.6. The van der Waals surface area contributed by atoms with Gasteiger partial charge in [0.1, 0.15) is 5.82 Å². The van der Waals surface area contributed by atoms with E-state index in [1.165, 1.54) is 6.07 Å². The molecular weight excluding hydrogens is 217 g/mol. The van der Waals surface area contributed by atoms with Crippen molar-refractivity contribution in [3.63, 3.8) is 0 Å². The van der Waals surface area contributed by atoms with E-state index in [1.807, 2.05) is 17.7 Å². The van der Waals surface area contributed by atoms with E-state index in [0.29, 0.717) is 18.2 Å². The number of aromatic nitrogens is 2. The van der Waals surface area contributed by atoms with Crippen LogP contribution in [0.15, 0.2) is 43.2 Å². The number of nitrogens with one attached hydrogen (secondary N) is 1. The van der Waals surface area contributed by atoms with E-state index in [4.69, 9.17) is 0 Å². The molecule has 2 aromatic rings. The molecule has 88 valence electrons. The second-order valence-electron chi connectivity index (χ2n) is 3.80. The van der Waals surface area contributed by atoms with Crippen molar-refractivity contribution in [2.45, 2.75) is 13.5 Å². The lowest BCUT2D eigenvalue weighted by molar-refractivity contribution is 0.631. The maximum Gasteiger partial charge on any atom is 0.207 e. The average Bonchev–Trinajstić information content (AvgIpc) is 2.72. The van der Waals surface area contributed by atoms with Gasteiger partial charge in [-0.3, -0.25) is 0 Å². The van der Waals surface area contributed by atoms with E-state index in [1.54, 1.807) is 24.4 Å². The molecule has 17 heavy (non-hydrogen) atoms. The number of halogens is 1. The van der Waals surface area contributed by atoms with Gasteiger partial charge in [-0.05, 0) is 24.6 Å². The third-order valence-corrected chi connectivity index (χ3v) is 2.41. The van der Waals surface area contributed by atoms with E-state index in [2.05, 4.69) is 16.9 Å². The third kappa shape index (κ3) is 2.53. The molecule has 0 unspecified atom stereocenters. The number of aryl methyl sites for hydroxylation is 1. The molecule has 1 N–H and O–H groups in total. The quantitative estimate of drug-likeness (QED) is 0.818. The molecule has 0 fully saturated rings. The van der Waals surface area contributed by atoms with Crippen molar-refractivity contribution in [1.29, 1.82) is 0 Å². The number of allylic oxidation sites excluding steroid dienone is 1. The molecule has 2 rings (SSSR count). The number of benzene rings is 1. The van der Waals surface area contributed by atoms with E-state index < -0.39 is 0 Å². The molecule has 4 heteroatoms. The molecule has 0 radical (unpaired) electrons. The molecule has 0 aliphatic heterocycles. The Morgan fingerprint density at radius 1 is 1.53 bits per heavy atom. The molecule has 0 atom stereocenters. The van der Waals surface area contributed by atoms with Crippen LogP contribution in [-0.4, -0.2) is 9.55 Å². The molecule has 1 aromatic heterocycles. The Morgan fingerprint density at radius 3 is 3.12 bits per heavy atom. The minimum absolute atomic E-state index is 0.288. The fourth-order valence-electron chi connectivity index (χ4n) is 1.58. The second kappa shape index (κ2) is 4.82. The summed E-state index contributed by atoms with van der Waals surface area (Å²) in [5.74, 6) is 0.318. The maximum absolute atomic E-state index is 13.6. The van der Waals surface area contributed by atoms with Crippen LogP contribution in [0.2, 0.25) is 0 Å². The van der Waals surface area contributed by atoms with Crippen LogP contribution in [0.1, 0.15) is 5.56 Å². The third-order valence-electron chi connectivity index (χ3n) is 2.41. The summed E-state index contributed by atoms with van der Waals surface area (Å²) in [6.07, 6.45) is 5.25. The molecule has 0 saturated carbocycles. The zero-order valence-electron chi connectivity index (χ0n) is 9.65. The number of hydrogen-bond donors (Lipinski definition) is 1. The molecule has 0 spiro atoms. The number of hydrogen-bond acceptors (Lipinski definition) is 2. The van der Waals surface area contributed by atoms with Crippen molar-refractivity contribution in [3.05, 3.63) is 54.6 Å². The van der Waals surface area contributed by atoms with E-state index in [-0.39, 0.29) is 5.82 Å². The lowest BCUT2D eigenvalue weighted by Crippen LogP contribution is -2.03. The standard InChI is InChI=1S/C13H14FN3/c1-3-7-17-8-6-15-13(17)16-12-9-10(2)4-5-11(12)14/h3-6,8-9H,1,7H2,2H3,(H,15,16). The fourth-order valence-corrected chi connectivity index (χ4v) is 1.58. The smallest absolute Gasteiger partial charge is 0.207 e. The second-order valence-corrected chi connectivity index (χ2v) is 3.80. The molecule has 0 aliphatic rings. The predicted octanol–water partition coefficient (Wildman–Crippen LogP) is 3.26. The first-order valence-corrected chi connectivity index (χ1v) is 5.36. The summed E-state index contributed by atoms with van der Waals surface area (Å²) in [4.78, 5) is 4.14. The normalized spacial score (nSPS) is 10.2. The predicted molar refractivity (Wildman–Crippen MR) is 66.8 cm³/mol. The highest BCUT2D eigenvalue weighted by Crippen LogP contribution is 2.20. The van der Waals surface area contributed by atoms with Crippen molar-refractivity contribution < 1.29 is 4.39 Å². The molecule has 0 amide bonds. The minimum atomic E-state index is -0.288. The van der Waals surface area contributed by atoms with E-state index >= 15 is 0 Å². The van der Waals surface area contributed by atoms with Crippen LogP contribution >= 0.6 is 0 Å². The van der Waals surface area contributed by atoms with Crippen molar-refractivity contribution >= 4 is 11.6 Å². The average molecular weight is 231 g/mol. The number of imidazole rings is 1. The van der Waals surface area contributed by atoms with Crippen molar-refractivity contribution in [1.82, 2.24) is 9.55 Å². The van der Waals surface area contributed by atoms with Gasteiger partial charge in [0.05, 0.1) is 5.69 Å². The zero-order chi connectivity index (χ0) is 12.3. The summed E-state index contributed by atoms with van der Waals surface area (Å²) in [5, 5.41) is 2.98. The highest BCUT2D eigenvalue weighted by atomic mass is 19.1. The van der Waals surface area contributed by atoms with Crippen molar-refractivity contribution in [2.24, 2.45) is 0 Å². The van der Waals surface area contributed by atoms with Gasteiger partial charge < -0.3 is 9.88 Å². The number of rotatable bonds is 4. The van der Waals surface area contributed by atoms with Crippen LogP contribution in [0, 0.1) is 12.7 Å². The lowest BCUT2D eigenvalue weighted by Gasteiger charge is -2.09. The minimum Gasteiger partial charge on any atom is -0.323 e. The van der Waals surface area contributed by atoms with Gasteiger partial charge in [-0.15, -0.1) is 6.58 Å². The number of anilines is 2. The summed E-state index contributed by atoms with van der Waals surface area (Å²) < 4.78 is 15.4. The van der Waals surface area contributed by atoms with Gasteiger partial charge in [-0.2, -0.15) is 0 Å². The molecule has 3 nitrogen and oxygen atoms in total. The molecule has 1 aromatic carbocycles. The Hall–Kier alpha value is -2.10. The van der Waals surface area contributed by atoms with Crippen LogP contribution in [0.25, 0.3) is 0 Å². The first kappa shape index (κ1) is 11.4. The van der Waals surface area contributed by atoms with Crippen LogP contribution in [0.4, 0.5) is 16.0 Å². The topological polar surface area (TPSA) is 29.9 Å². The summed E-state index contributed by atoms with van der Waals surface area (Å²) in [7, 11) is 0. The Balaban J connectivity index is 2.27. The van der Waals surface area contributed by atoms with Gasteiger partial charge in [-0.25, -0.2) is 9.37 Å². The molecule has 0 saturated heterocycles. The lowest BCUT2D eigenvalue weighted by atomic mass is 10.2. The van der Waals surface area contributed by atoms with Crippen molar-refractivity contribution in [2.75, 3.05) is 5.32 Å². The summed E-state index contributed by atoms with van der Waals surface area (Å²) >= 11 is 0. The summed E-state index contributed by atoms with van der Waals surface area (Å²) in [5.41, 5.74) is 1.43. The van der Waals surface area contributed by atoms with Gasteiger partial charge in [0, 0.05) is 18.9 Å². The van der Waals surface area contributed by atoms with E-state index in [9.17, 15) is 4.39 Å². The Labute approximate surface area is 99.6 Å². The van der Waals surface area contributed by atoms with Crippen LogP contribution in [0.3, 0.4) is 0 Å². The zero-order valence-corrected chi connectivity index (χ0v) is 9.65. The van der Waals surface area contributed by atoms with E-state index in [0.717, 1.165) is 5.56 Å². The highest BCUT2D eigenvalue weighted by Gasteiger charge is 2.06. The van der Waals surface area contributed by atoms with Gasteiger partial charge in [-0.1, -0.05) is 12.1 Å². The van der Waals surface area contributed by atoms with Crippen LogP contribution < -0.4 is 5.32 Å². The largest absolute Gasteiger partial charge is 0.323 e. The highest BCUT2D eigenvalue weighted by molar-refractivity contribution is 5.55. The number of nitrogens with zero attached hydrogens (tertiary/aromatic N) is 2. The molecular formula is C13H14FN3. The first-order chi connectivity index (χ1) is 8.20. The fraction of sp³-hybridized carbons (Fsp3) is 0.154.